The third-order valence-electron chi connectivity index (χ3n) is 10.1. The zero-order valence-corrected chi connectivity index (χ0v) is 29.2. The molecule has 4 atom stereocenters. The van der Waals surface area contributed by atoms with Crippen molar-refractivity contribution in [2.45, 2.75) is 194 Å². The molecule has 1 N–H and O–H groups in total. The van der Waals surface area contributed by atoms with Crippen LogP contribution in [0.15, 0.2) is 0 Å². The lowest BCUT2D eigenvalue weighted by Gasteiger charge is -2.40. The number of esters is 1. The second-order valence-corrected chi connectivity index (χ2v) is 14.0. The van der Waals surface area contributed by atoms with Gasteiger partial charge in [0, 0.05) is 12.5 Å². The summed E-state index contributed by atoms with van der Waals surface area (Å²) in [6.45, 7) is 8.29. The molecular weight excluding hydrogens is 534 g/mol. The van der Waals surface area contributed by atoms with E-state index in [1.807, 2.05) is 0 Å². The first-order valence-corrected chi connectivity index (χ1v) is 19.0. The van der Waals surface area contributed by atoms with E-state index in [9.17, 15) is 14.7 Å². The van der Waals surface area contributed by atoms with E-state index in [0.29, 0.717) is 30.9 Å². The fraction of sp³-hybridized carbons (Fsp3) is 0.947. The normalized spacial score (nSPS) is 18.9. The topological polar surface area (TPSA) is 66.8 Å². The minimum Gasteiger partial charge on any atom is -0.481 e. The first kappa shape index (κ1) is 39.9. The maximum atomic E-state index is 12.4. The molecule has 1 aliphatic heterocycles. The van der Waals surface area contributed by atoms with Crippen LogP contribution in [0.25, 0.3) is 0 Å². The van der Waals surface area contributed by atoms with Crippen molar-refractivity contribution in [3.05, 3.63) is 0 Å². The van der Waals surface area contributed by atoms with Crippen LogP contribution >= 0.6 is 0 Å². The molecule has 0 saturated carbocycles. The summed E-state index contributed by atoms with van der Waals surface area (Å²) >= 11 is 0. The average molecular weight is 608 g/mol. The number of rotatable bonds is 29. The SMILES string of the molecule is CCCCCCCCCC(CCCCCCCCC(=O)OCC(CCCC)CCCCCC)C1CC(C(=O)O)CCN1C. The summed E-state index contributed by atoms with van der Waals surface area (Å²) in [5.41, 5.74) is 0. The number of likely N-dealkylation sites (tertiary alicyclic amines) is 1. The summed E-state index contributed by atoms with van der Waals surface area (Å²) < 4.78 is 5.70. The van der Waals surface area contributed by atoms with Crippen LogP contribution < -0.4 is 0 Å². The summed E-state index contributed by atoms with van der Waals surface area (Å²) in [4.78, 5) is 26.6. The molecule has 5 nitrogen and oxygen atoms in total. The Bertz CT molecular complexity index is 668. The zero-order chi connectivity index (χ0) is 31.5. The van der Waals surface area contributed by atoms with E-state index in [-0.39, 0.29) is 11.9 Å². The molecule has 0 spiro atoms. The number of carboxylic acids is 1. The van der Waals surface area contributed by atoms with Gasteiger partial charge in [0.1, 0.15) is 0 Å². The van der Waals surface area contributed by atoms with Gasteiger partial charge in [0.15, 0.2) is 0 Å². The quantitative estimate of drug-likeness (QED) is 0.0676. The Morgan fingerprint density at radius 1 is 0.698 bits per heavy atom. The Labute approximate surface area is 267 Å². The third-order valence-corrected chi connectivity index (χ3v) is 10.1. The summed E-state index contributed by atoms with van der Waals surface area (Å²) in [6, 6.07) is 0.416. The number of nitrogens with zero attached hydrogens (tertiary/aromatic N) is 1. The number of hydrogen-bond acceptors (Lipinski definition) is 4. The summed E-state index contributed by atoms with van der Waals surface area (Å²) in [5, 5.41) is 9.68. The highest BCUT2D eigenvalue weighted by atomic mass is 16.5. The molecule has 0 bridgehead atoms. The molecule has 1 heterocycles. The monoisotopic (exact) mass is 608 g/mol. The van der Waals surface area contributed by atoms with Gasteiger partial charge < -0.3 is 14.7 Å². The predicted molar refractivity (Wildman–Crippen MR) is 183 cm³/mol. The smallest absolute Gasteiger partial charge is 0.306 e. The number of unbranched alkanes of at least 4 members (excludes halogenated alkanes) is 15. The van der Waals surface area contributed by atoms with Crippen LogP contribution in [0.3, 0.4) is 0 Å². The van der Waals surface area contributed by atoms with E-state index < -0.39 is 5.97 Å². The van der Waals surface area contributed by atoms with Crippen molar-refractivity contribution in [1.82, 2.24) is 4.90 Å². The number of carbonyl (C=O) groups is 2. The maximum Gasteiger partial charge on any atom is 0.306 e. The van der Waals surface area contributed by atoms with Crippen LogP contribution in [0.2, 0.25) is 0 Å². The minimum absolute atomic E-state index is 0.000436. The van der Waals surface area contributed by atoms with E-state index in [2.05, 4.69) is 32.7 Å². The van der Waals surface area contributed by atoms with E-state index in [4.69, 9.17) is 4.74 Å². The number of carbonyl (C=O) groups excluding carboxylic acids is 1. The molecule has 254 valence electrons. The first-order chi connectivity index (χ1) is 20.9. The molecule has 1 rings (SSSR count). The summed E-state index contributed by atoms with van der Waals surface area (Å²) in [6.07, 6.45) is 30.9. The van der Waals surface area contributed by atoms with E-state index in [1.165, 1.54) is 135 Å². The molecule has 0 amide bonds. The maximum absolute atomic E-state index is 12.4. The van der Waals surface area contributed by atoms with Crippen LogP contribution in [0.4, 0.5) is 0 Å². The van der Waals surface area contributed by atoms with Gasteiger partial charge >= 0.3 is 11.9 Å². The summed E-state index contributed by atoms with van der Waals surface area (Å²) in [7, 11) is 2.21. The molecule has 0 aromatic carbocycles. The number of piperidine rings is 1. The lowest BCUT2D eigenvalue weighted by atomic mass is 9.79. The lowest BCUT2D eigenvalue weighted by molar-refractivity contribution is -0.145. The molecule has 5 heteroatoms. The van der Waals surface area contributed by atoms with E-state index in [0.717, 1.165) is 32.2 Å². The molecule has 1 aliphatic rings. The molecule has 43 heavy (non-hydrogen) atoms. The van der Waals surface area contributed by atoms with E-state index in [1.54, 1.807) is 0 Å². The molecule has 0 radical (unpaired) electrons. The highest BCUT2D eigenvalue weighted by Crippen LogP contribution is 2.33. The Morgan fingerprint density at radius 2 is 1.19 bits per heavy atom. The second kappa shape index (κ2) is 27.2. The van der Waals surface area contributed by atoms with Gasteiger partial charge in [-0.1, -0.05) is 136 Å². The van der Waals surface area contributed by atoms with Crippen LogP contribution in [0.5, 0.6) is 0 Å². The van der Waals surface area contributed by atoms with Gasteiger partial charge in [0.25, 0.3) is 0 Å². The van der Waals surface area contributed by atoms with Crippen molar-refractivity contribution < 1.29 is 19.4 Å². The Kier molecular flexibility index (Phi) is 25.3. The third kappa shape index (κ3) is 20.5. The number of ether oxygens (including phenoxy) is 1. The molecular formula is C38H73NO4. The van der Waals surface area contributed by atoms with E-state index >= 15 is 0 Å². The van der Waals surface area contributed by atoms with Crippen LogP contribution in [0.1, 0.15) is 188 Å². The van der Waals surface area contributed by atoms with Crippen molar-refractivity contribution in [2.24, 2.45) is 17.8 Å². The number of carboxylic acid groups (broad SMARTS) is 1. The average Bonchev–Trinajstić information content (AvgIpc) is 3.00. The highest BCUT2D eigenvalue weighted by Gasteiger charge is 2.34. The Morgan fingerprint density at radius 3 is 1.77 bits per heavy atom. The van der Waals surface area contributed by atoms with Crippen molar-refractivity contribution >= 4 is 11.9 Å². The molecule has 1 fully saturated rings. The van der Waals surface area contributed by atoms with Crippen molar-refractivity contribution in [1.29, 1.82) is 0 Å². The van der Waals surface area contributed by atoms with Crippen LogP contribution in [-0.4, -0.2) is 48.2 Å². The summed E-state index contributed by atoms with van der Waals surface area (Å²) in [5.74, 6) is 0.386. The minimum atomic E-state index is -0.602. The number of hydrogen-bond donors (Lipinski definition) is 1. The zero-order valence-electron chi connectivity index (χ0n) is 29.2. The molecule has 0 aromatic heterocycles. The second-order valence-electron chi connectivity index (χ2n) is 14.0. The van der Waals surface area contributed by atoms with Gasteiger partial charge in [-0.3, -0.25) is 9.59 Å². The molecule has 4 unspecified atom stereocenters. The molecule has 0 aromatic rings. The molecule has 1 saturated heterocycles. The Balaban J connectivity index is 2.30. The standard InChI is InChI=1S/C38H73NO4/c1-5-8-11-13-14-17-21-26-34(36-31-35(38(41)42)29-30-39(36)4)27-22-18-15-16-19-23-28-37(40)43-32-33(24-10-7-3)25-20-12-9-6-2/h33-36H,5-32H2,1-4H3,(H,41,42). The fourth-order valence-electron chi connectivity index (χ4n) is 7.11. The highest BCUT2D eigenvalue weighted by molar-refractivity contribution is 5.70. The Hall–Kier alpha value is -1.10. The largest absolute Gasteiger partial charge is 0.481 e. The van der Waals surface area contributed by atoms with Crippen LogP contribution in [-0.2, 0) is 14.3 Å². The van der Waals surface area contributed by atoms with Crippen molar-refractivity contribution in [3.63, 3.8) is 0 Å². The predicted octanol–water partition coefficient (Wildman–Crippen LogP) is 11.0. The van der Waals surface area contributed by atoms with Gasteiger partial charge in [0.2, 0.25) is 0 Å². The van der Waals surface area contributed by atoms with Gasteiger partial charge in [-0.05, 0) is 70.4 Å². The number of aliphatic carboxylic acids is 1. The van der Waals surface area contributed by atoms with Crippen LogP contribution in [0, 0.1) is 17.8 Å². The van der Waals surface area contributed by atoms with Gasteiger partial charge in [0.05, 0.1) is 12.5 Å². The van der Waals surface area contributed by atoms with Gasteiger partial charge in [-0.25, -0.2) is 0 Å². The van der Waals surface area contributed by atoms with Gasteiger partial charge in [-0.15, -0.1) is 0 Å². The molecule has 0 aliphatic carbocycles. The first-order valence-electron chi connectivity index (χ1n) is 19.0. The lowest BCUT2D eigenvalue weighted by Crippen LogP contribution is -2.46. The van der Waals surface area contributed by atoms with Crippen molar-refractivity contribution in [3.8, 4) is 0 Å². The van der Waals surface area contributed by atoms with Gasteiger partial charge in [-0.2, -0.15) is 0 Å². The van der Waals surface area contributed by atoms with Crippen molar-refractivity contribution in [2.75, 3.05) is 20.2 Å². The fourth-order valence-corrected chi connectivity index (χ4v) is 7.11.